The van der Waals surface area contributed by atoms with E-state index in [1.54, 1.807) is 0 Å². The summed E-state index contributed by atoms with van der Waals surface area (Å²) in [6.45, 7) is 0. The van der Waals surface area contributed by atoms with E-state index in [2.05, 4.69) is 42.1 Å². The molecule has 0 bridgehead atoms. The van der Waals surface area contributed by atoms with Crippen LogP contribution in [0.2, 0.25) is 5.02 Å². The summed E-state index contributed by atoms with van der Waals surface area (Å²) in [4.78, 5) is 0. The minimum Gasteiger partial charge on any atom is -0.382 e. The summed E-state index contributed by atoms with van der Waals surface area (Å²) in [7, 11) is 0. The zero-order valence-electron chi connectivity index (χ0n) is 10.7. The van der Waals surface area contributed by atoms with Crippen molar-refractivity contribution in [2.75, 3.05) is 5.73 Å². The molecule has 106 valence electrons. The molecule has 3 rings (SSSR count). The second-order valence-corrected chi connectivity index (χ2v) is 6.74. The monoisotopic (exact) mass is 425 g/mol. The van der Waals surface area contributed by atoms with Crippen molar-refractivity contribution in [1.29, 1.82) is 0 Å². The van der Waals surface area contributed by atoms with Crippen molar-refractivity contribution in [3.63, 3.8) is 0 Å². The van der Waals surface area contributed by atoms with Crippen LogP contribution in [0.1, 0.15) is 0 Å². The van der Waals surface area contributed by atoms with E-state index in [1.165, 1.54) is 0 Å². The Balaban J connectivity index is 2.24. The number of hydrogen-bond donors (Lipinski definition) is 2. The van der Waals surface area contributed by atoms with Crippen LogP contribution in [0.25, 0.3) is 22.4 Å². The SMILES string of the molecule is Nc1n[nH]c(-c2cc(Br)cc(Br)c2)c1-c1ccccc1Cl. The molecule has 0 aliphatic carbocycles. The van der Waals surface area contributed by atoms with Gasteiger partial charge in [0.2, 0.25) is 0 Å². The number of aromatic amines is 1. The zero-order chi connectivity index (χ0) is 15.0. The highest BCUT2D eigenvalue weighted by molar-refractivity contribution is 9.11. The van der Waals surface area contributed by atoms with Crippen molar-refractivity contribution in [1.82, 2.24) is 10.2 Å². The molecule has 1 heterocycles. The summed E-state index contributed by atoms with van der Waals surface area (Å²) >= 11 is 13.3. The fourth-order valence-electron chi connectivity index (χ4n) is 2.20. The third kappa shape index (κ3) is 2.86. The van der Waals surface area contributed by atoms with Crippen molar-refractivity contribution in [2.24, 2.45) is 0 Å². The Morgan fingerprint density at radius 1 is 1.05 bits per heavy atom. The van der Waals surface area contributed by atoms with Gasteiger partial charge in [-0.25, -0.2) is 0 Å². The van der Waals surface area contributed by atoms with E-state index in [9.17, 15) is 0 Å². The molecule has 2 aromatic carbocycles. The summed E-state index contributed by atoms with van der Waals surface area (Å²) in [6.07, 6.45) is 0. The first-order valence-corrected chi connectivity index (χ1v) is 8.08. The smallest absolute Gasteiger partial charge is 0.153 e. The Kier molecular flexibility index (Phi) is 4.06. The molecule has 0 aliphatic rings. The summed E-state index contributed by atoms with van der Waals surface area (Å²) in [5.41, 5.74) is 9.50. The van der Waals surface area contributed by atoms with Crippen LogP contribution in [-0.2, 0) is 0 Å². The lowest BCUT2D eigenvalue weighted by atomic mass is 10.0. The van der Waals surface area contributed by atoms with Crippen LogP contribution >= 0.6 is 43.5 Å². The largest absolute Gasteiger partial charge is 0.382 e. The van der Waals surface area contributed by atoms with Crippen LogP contribution in [0, 0.1) is 0 Å². The highest BCUT2D eigenvalue weighted by atomic mass is 79.9. The van der Waals surface area contributed by atoms with E-state index in [1.807, 2.05) is 42.5 Å². The van der Waals surface area contributed by atoms with Crippen LogP contribution in [0.15, 0.2) is 51.4 Å². The molecule has 1 aromatic heterocycles. The number of hydrogen-bond acceptors (Lipinski definition) is 2. The summed E-state index contributed by atoms with van der Waals surface area (Å²) < 4.78 is 1.93. The summed E-state index contributed by atoms with van der Waals surface area (Å²) in [5, 5.41) is 7.77. The number of rotatable bonds is 2. The minimum atomic E-state index is 0.425. The quantitative estimate of drug-likeness (QED) is 0.567. The molecule has 3 aromatic rings. The highest BCUT2D eigenvalue weighted by Gasteiger charge is 2.17. The summed E-state index contributed by atoms with van der Waals surface area (Å²) in [6, 6.07) is 13.5. The molecule has 21 heavy (non-hydrogen) atoms. The molecule has 0 unspecified atom stereocenters. The molecule has 0 spiro atoms. The number of H-pyrrole nitrogens is 1. The van der Waals surface area contributed by atoms with E-state index in [4.69, 9.17) is 17.3 Å². The van der Waals surface area contributed by atoms with E-state index < -0.39 is 0 Å². The van der Waals surface area contributed by atoms with Crippen molar-refractivity contribution >= 4 is 49.3 Å². The van der Waals surface area contributed by atoms with Gasteiger partial charge in [0.1, 0.15) is 0 Å². The number of nitrogens with two attached hydrogens (primary N) is 1. The van der Waals surface area contributed by atoms with Crippen molar-refractivity contribution in [3.8, 4) is 22.4 Å². The molecule has 0 radical (unpaired) electrons. The lowest BCUT2D eigenvalue weighted by Crippen LogP contribution is -1.89. The van der Waals surface area contributed by atoms with Crippen molar-refractivity contribution in [2.45, 2.75) is 0 Å². The molecule has 0 saturated heterocycles. The standard InChI is InChI=1S/C15H10Br2ClN3/c16-9-5-8(6-10(17)7-9)14-13(15(19)21-20-14)11-3-1-2-4-12(11)18/h1-7H,(H3,19,20,21). The fraction of sp³-hybridized carbons (Fsp3) is 0. The zero-order valence-corrected chi connectivity index (χ0v) is 14.6. The minimum absolute atomic E-state index is 0.425. The Labute approximate surface area is 143 Å². The van der Waals surface area contributed by atoms with E-state index in [0.717, 1.165) is 31.3 Å². The van der Waals surface area contributed by atoms with Gasteiger partial charge in [-0.15, -0.1) is 0 Å². The molecular weight excluding hydrogens is 417 g/mol. The average Bonchev–Trinajstić information content (AvgIpc) is 2.80. The topological polar surface area (TPSA) is 54.7 Å². The number of aromatic nitrogens is 2. The normalized spacial score (nSPS) is 10.8. The maximum atomic E-state index is 6.29. The second-order valence-electron chi connectivity index (χ2n) is 4.50. The predicted molar refractivity (Wildman–Crippen MR) is 94.3 cm³/mol. The van der Waals surface area contributed by atoms with Gasteiger partial charge < -0.3 is 5.73 Å². The molecule has 0 aliphatic heterocycles. The number of halogens is 3. The first-order valence-electron chi connectivity index (χ1n) is 6.11. The lowest BCUT2D eigenvalue weighted by molar-refractivity contribution is 1.10. The average molecular weight is 428 g/mol. The van der Waals surface area contributed by atoms with Crippen molar-refractivity contribution < 1.29 is 0 Å². The number of anilines is 1. The lowest BCUT2D eigenvalue weighted by Gasteiger charge is -2.07. The third-order valence-corrected chi connectivity index (χ3v) is 4.33. The molecule has 3 N–H and O–H groups in total. The van der Waals surface area contributed by atoms with Crippen LogP contribution in [-0.4, -0.2) is 10.2 Å². The molecule has 0 fully saturated rings. The highest BCUT2D eigenvalue weighted by Crippen LogP contribution is 2.39. The van der Waals surface area contributed by atoms with E-state index >= 15 is 0 Å². The Morgan fingerprint density at radius 3 is 2.38 bits per heavy atom. The van der Waals surface area contributed by atoms with E-state index in [0.29, 0.717) is 10.8 Å². The molecule has 6 heteroatoms. The Hall–Kier alpha value is -1.30. The maximum absolute atomic E-state index is 6.29. The molecule has 0 saturated carbocycles. The van der Waals surface area contributed by atoms with Gasteiger partial charge in [0, 0.05) is 25.1 Å². The number of nitrogens with one attached hydrogen (secondary N) is 1. The first kappa shape index (κ1) is 14.6. The molecule has 3 nitrogen and oxygen atoms in total. The van der Waals surface area contributed by atoms with Gasteiger partial charge in [0.05, 0.1) is 11.3 Å². The first-order chi connectivity index (χ1) is 10.1. The second kappa shape index (κ2) is 5.83. The Bertz CT molecular complexity index is 794. The number of benzene rings is 2. The van der Waals surface area contributed by atoms with Gasteiger partial charge in [-0.05, 0) is 24.3 Å². The van der Waals surface area contributed by atoms with Gasteiger partial charge >= 0.3 is 0 Å². The van der Waals surface area contributed by atoms with Gasteiger partial charge in [0.25, 0.3) is 0 Å². The van der Waals surface area contributed by atoms with Crippen LogP contribution < -0.4 is 5.73 Å². The van der Waals surface area contributed by atoms with Crippen LogP contribution in [0.5, 0.6) is 0 Å². The van der Waals surface area contributed by atoms with Gasteiger partial charge in [-0.1, -0.05) is 61.7 Å². The predicted octanol–water partition coefficient (Wildman–Crippen LogP) is 5.50. The third-order valence-electron chi connectivity index (χ3n) is 3.09. The number of nitrogen functional groups attached to an aromatic ring is 1. The fourth-order valence-corrected chi connectivity index (χ4v) is 3.72. The van der Waals surface area contributed by atoms with Crippen LogP contribution in [0.3, 0.4) is 0 Å². The number of nitrogens with zero attached hydrogens (tertiary/aromatic N) is 1. The van der Waals surface area contributed by atoms with Gasteiger partial charge in [-0.3, -0.25) is 5.10 Å². The molecular formula is C15H10Br2ClN3. The molecule has 0 amide bonds. The summed E-state index contributed by atoms with van der Waals surface area (Å²) in [5.74, 6) is 0.425. The van der Waals surface area contributed by atoms with Crippen LogP contribution in [0.4, 0.5) is 5.82 Å². The van der Waals surface area contributed by atoms with Crippen molar-refractivity contribution in [3.05, 3.63) is 56.4 Å². The van der Waals surface area contributed by atoms with Gasteiger partial charge in [0.15, 0.2) is 5.82 Å². The van der Waals surface area contributed by atoms with E-state index in [-0.39, 0.29) is 0 Å². The van der Waals surface area contributed by atoms with Gasteiger partial charge in [-0.2, -0.15) is 5.10 Å². The maximum Gasteiger partial charge on any atom is 0.153 e. The Morgan fingerprint density at radius 2 is 1.71 bits per heavy atom. The molecule has 0 atom stereocenters.